The Balaban J connectivity index is 0.000000248. The molecule has 0 saturated carbocycles. The Morgan fingerprint density at radius 1 is 1.12 bits per heavy atom. The average Bonchev–Trinajstić information content (AvgIpc) is 3.77. The van der Waals surface area contributed by atoms with E-state index in [0.717, 1.165) is 34.2 Å². The van der Waals surface area contributed by atoms with Crippen molar-refractivity contribution in [3.8, 4) is 0 Å². The van der Waals surface area contributed by atoms with Crippen molar-refractivity contribution in [1.82, 2.24) is 24.9 Å². The summed E-state index contributed by atoms with van der Waals surface area (Å²) in [6.07, 6.45) is 4.88. The molecule has 5 aromatic rings. The van der Waals surface area contributed by atoms with E-state index in [0.29, 0.717) is 43.7 Å². The summed E-state index contributed by atoms with van der Waals surface area (Å²) in [5.74, 6) is -2.16. The van der Waals surface area contributed by atoms with E-state index in [1.165, 1.54) is 28.5 Å². The minimum absolute atomic E-state index is 0. The molecule has 1 atom stereocenters. The standard InChI is InChI=1S/C21H19N5O5.C14H15N3O2.CH4.ClH/c1-3-8-31-20(30)13-4-5-14-12(11(13)2)6-7-15(14)24-18(27)17-9-16(19(28)29)25-21-22-10-23-26(17)21;15-6-8-1-2-9-3-4-17(7-10(9)5-8)12-11(16)13(18)14(12)19;;/h3-5,9-10,15H,1,6-8H2,2H3,(H,24,27)(H,28,29);1-2,5H,3-4,6-7,15-16H2;1H4;1H/t15-;;;/m0.../s1. The summed E-state index contributed by atoms with van der Waals surface area (Å²) in [6.45, 7) is 7.34. The van der Waals surface area contributed by atoms with Crippen molar-refractivity contribution in [3.05, 3.63) is 126 Å². The molecule has 1 aliphatic heterocycles. The van der Waals surface area contributed by atoms with Crippen LogP contribution in [-0.2, 0) is 30.7 Å². The molecular formula is C36H39ClN8O7. The highest BCUT2D eigenvalue weighted by Gasteiger charge is 2.30. The summed E-state index contributed by atoms with van der Waals surface area (Å²) < 4.78 is 6.33. The number of ether oxygens (including phenoxy) is 1. The fraction of sp³-hybridized carbons (Fsp3) is 0.278. The minimum atomic E-state index is -1.27. The number of anilines is 2. The van der Waals surface area contributed by atoms with Crippen LogP contribution in [0.4, 0.5) is 11.4 Å². The van der Waals surface area contributed by atoms with Gasteiger partial charge in [0.1, 0.15) is 30.0 Å². The van der Waals surface area contributed by atoms with Crippen LogP contribution in [0.15, 0.2) is 65.0 Å². The molecule has 16 heteroatoms. The predicted molar refractivity (Wildman–Crippen MR) is 197 cm³/mol. The van der Waals surface area contributed by atoms with Gasteiger partial charge in [0.05, 0.1) is 11.6 Å². The fourth-order valence-corrected chi connectivity index (χ4v) is 6.42. The molecular weight excluding hydrogens is 692 g/mol. The normalized spacial score (nSPS) is 14.2. The maximum Gasteiger partial charge on any atom is 0.354 e. The molecule has 0 unspecified atom stereocenters. The quantitative estimate of drug-likeness (QED) is 0.103. The Labute approximate surface area is 304 Å². The number of aromatic nitrogens is 4. The highest BCUT2D eigenvalue weighted by atomic mass is 35.5. The van der Waals surface area contributed by atoms with E-state index >= 15 is 0 Å². The van der Waals surface area contributed by atoms with Crippen molar-refractivity contribution in [2.45, 2.75) is 52.7 Å². The predicted octanol–water partition coefficient (Wildman–Crippen LogP) is 2.84. The van der Waals surface area contributed by atoms with Gasteiger partial charge in [-0.25, -0.2) is 14.6 Å². The monoisotopic (exact) mass is 730 g/mol. The van der Waals surface area contributed by atoms with Crippen LogP contribution in [0.2, 0.25) is 0 Å². The lowest BCUT2D eigenvalue weighted by molar-refractivity contribution is 0.0548. The van der Waals surface area contributed by atoms with Crippen LogP contribution in [0.5, 0.6) is 0 Å². The molecule has 2 aromatic heterocycles. The summed E-state index contributed by atoms with van der Waals surface area (Å²) in [7, 11) is 0. The van der Waals surface area contributed by atoms with Crippen molar-refractivity contribution in [2.75, 3.05) is 23.8 Å². The second-order valence-corrected chi connectivity index (χ2v) is 12.0. The van der Waals surface area contributed by atoms with E-state index in [-0.39, 0.29) is 55.3 Å². The number of hydrogen-bond acceptors (Lipinski definition) is 12. The second-order valence-electron chi connectivity index (χ2n) is 12.0. The maximum absolute atomic E-state index is 13.0. The van der Waals surface area contributed by atoms with Crippen LogP contribution < -0.4 is 32.5 Å². The first-order chi connectivity index (χ1) is 24.0. The number of nitrogens with two attached hydrogens (primary N) is 2. The first-order valence-electron chi connectivity index (χ1n) is 15.8. The van der Waals surface area contributed by atoms with Gasteiger partial charge in [-0.05, 0) is 65.6 Å². The van der Waals surface area contributed by atoms with Gasteiger partial charge in [0.25, 0.3) is 22.5 Å². The third-order valence-corrected chi connectivity index (χ3v) is 9.01. The van der Waals surface area contributed by atoms with E-state index in [2.05, 4.69) is 39.1 Å². The molecule has 52 heavy (non-hydrogen) atoms. The summed E-state index contributed by atoms with van der Waals surface area (Å²) in [5, 5.41) is 16.2. The summed E-state index contributed by atoms with van der Waals surface area (Å²) in [6, 6.07) is 10.5. The number of halogens is 1. The van der Waals surface area contributed by atoms with Gasteiger partial charge in [0.15, 0.2) is 5.69 Å². The van der Waals surface area contributed by atoms with E-state index in [9.17, 15) is 29.1 Å². The molecule has 0 bridgehead atoms. The van der Waals surface area contributed by atoms with Gasteiger partial charge in [0.2, 0.25) is 0 Å². The molecule has 7 rings (SSSR count). The van der Waals surface area contributed by atoms with E-state index in [4.69, 9.17) is 16.2 Å². The SMILES string of the molecule is C.C=CCOC(=O)c1ccc2c(c1C)CC[C@@H]2NC(=O)c1cc(C(=O)O)nc2ncnn12.Cl.NCc1ccc2c(c1)CN(c1c(N)c(=O)c1=O)CC2. The lowest BCUT2D eigenvalue weighted by atomic mass is 9.96. The van der Waals surface area contributed by atoms with Crippen molar-refractivity contribution in [1.29, 1.82) is 0 Å². The van der Waals surface area contributed by atoms with Crippen LogP contribution in [0.1, 0.15) is 84.6 Å². The number of nitrogens with one attached hydrogen (secondary N) is 1. The van der Waals surface area contributed by atoms with Crippen LogP contribution >= 0.6 is 12.4 Å². The number of carboxylic acids is 1. The third-order valence-electron chi connectivity index (χ3n) is 9.01. The second kappa shape index (κ2) is 16.0. The van der Waals surface area contributed by atoms with Crippen molar-refractivity contribution >= 4 is 47.4 Å². The minimum Gasteiger partial charge on any atom is -0.477 e. The lowest BCUT2D eigenvalue weighted by Gasteiger charge is -2.31. The molecule has 6 N–H and O–H groups in total. The number of fused-ring (bicyclic) bond motifs is 3. The number of rotatable bonds is 8. The molecule has 0 spiro atoms. The topological polar surface area (TPSA) is 225 Å². The number of carboxylic acid groups (broad SMARTS) is 1. The Bertz CT molecular complexity index is 2260. The lowest BCUT2D eigenvalue weighted by Crippen LogP contribution is -2.44. The Morgan fingerprint density at radius 3 is 2.58 bits per heavy atom. The highest BCUT2D eigenvalue weighted by Crippen LogP contribution is 2.35. The highest BCUT2D eigenvalue weighted by molar-refractivity contribution is 5.96. The van der Waals surface area contributed by atoms with Crippen LogP contribution in [0.3, 0.4) is 0 Å². The van der Waals surface area contributed by atoms with Gasteiger partial charge in [-0.3, -0.25) is 14.4 Å². The number of hydrogen-bond donors (Lipinski definition) is 4. The molecule has 15 nitrogen and oxygen atoms in total. The zero-order valence-corrected chi connectivity index (χ0v) is 28.4. The van der Waals surface area contributed by atoms with Crippen LogP contribution in [0, 0.1) is 6.92 Å². The summed E-state index contributed by atoms with van der Waals surface area (Å²) in [4.78, 5) is 68.9. The number of carbonyl (C=O) groups excluding carboxylic acids is 2. The third kappa shape index (κ3) is 7.27. The van der Waals surface area contributed by atoms with E-state index < -0.39 is 28.7 Å². The zero-order chi connectivity index (χ0) is 35.7. The molecule has 3 aromatic carbocycles. The van der Waals surface area contributed by atoms with Gasteiger partial charge < -0.3 is 31.5 Å². The average molecular weight is 731 g/mol. The van der Waals surface area contributed by atoms with Crippen molar-refractivity contribution in [2.24, 2.45) is 5.73 Å². The van der Waals surface area contributed by atoms with Crippen LogP contribution in [0.25, 0.3) is 5.78 Å². The largest absolute Gasteiger partial charge is 0.477 e. The van der Waals surface area contributed by atoms with Gasteiger partial charge in [-0.2, -0.15) is 14.6 Å². The Kier molecular flexibility index (Phi) is 11.9. The van der Waals surface area contributed by atoms with Crippen LogP contribution in [-0.4, -0.2) is 55.7 Å². The number of nitrogen functional groups attached to an aromatic ring is 1. The number of aromatic carboxylic acids is 1. The van der Waals surface area contributed by atoms with Crippen molar-refractivity contribution in [3.63, 3.8) is 0 Å². The number of amides is 1. The van der Waals surface area contributed by atoms with Crippen molar-refractivity contribution < 1.29 is 24.2 Å². The molecule has 1 amide bonds. The smallest absolute Gasteiger partial charge is 0.354 e. The number of nitrogens with zero attached hydrogens (tertiary/aromatic N) is 5. The van der Waals surface area contributed by atoms with E-state index in [1.54, 1.807) is 6.07 Å². The number of benzene rings is 2. The first-order valence-corrected chi connectivity index (χ1v) is 15.8. The molecule has 3 heterocycles. The molecule has 272 valence electrons. The molecule has 2 aliphatic rings. The zero-order valence-electron chi connectivity index (χ0n) is 27.5. The molecule has 0 radical (unpaired) electrons. The first kappa shape index (κ1) is 38.9. The Morgan fingerprint density at radius 2 is 1.88 bits per heavy atom. The summed E-state index contributed by atoms with van der Waals surface area (Å²) >= 11 is 0. The molecule has 0 fully saturated rings. The fourth-order valence-electron chi connectivity index (χ4n) is 6.42. The summed E-state index contributed by atoms with van der Waals surface area (Å²) in [5.41, 5.74) is 17.1. The van der Waals surface area contributed by atoms with E-state index in [1.807, 2.05) is 24.0 Å². The van der Waals surface area contributed by atoms with Gasteiger partial charge in [-0.15, -0.1) is 12.4 Å². The molecule has 0 saturated heterocycles. The maximum atomic E-state index is 13.0. The molecule has 1 aliphatic carbocycles. The number of esters is 1. The van der Waals surface area contributed by atoms with Gasteiger partial charge in [0, 0.05) is 25.7 Å². The van der Waals surface area contributed by atoms with Gasteiger partial charge in [-0.1, -0.05) is 44.3 Å². The van der Waals surface area contributed by atoms with Gasteiger partial charge >= 0.3 is 11.9 Å². The number of carbonyl (C=O) groups is 3. The Hall–Kier alpha value is -5.93.